The van der Waals surface area contributed by atoms with Crippen molar-refractivity contribution in [2.75, 3.05) is 24.5 Å². The average Bonchev–Trinajstić information content (AvgIpc) is 2.91. The van der Waals surface area contributed by atoms with Gasteiger partial charge in [0.1, 0.15) is 0 Å². The highest BCUT2D eigenvalue weighted by Gasteiger charge is 2.20. The van der Waals surface area contributed by atoms with Crippen molar-refractivity contribution >= 4 is 34.0 Å². The Hall–Kier alpha value is -0.890. The fourth-order valence-corrected chi connectivity index (χ4v) is 3.46. The van der Waals surface area contributed by atoms with Gasteiger partial charge in [-0.2, -0.15) is 0 Å². The maximum absolute atomic E-state index is 10.8. The number of nitrogens with one attached hydrogen (secondary N) is 1. The Labute approximate surface area is 133 Å². The van der Waals surface area contributed by atoms with Crippen molar-refractivity contribution in [3.8, 4) is 0 Å². The quantitative estimate of drug-likeness (QED) is 0.461. The zero-order chi connectivity index (χ0) is 14.5. The summed E-state index contributed by atoms with van der Waals surface area (Å²) >= 11 is 2.19. The molecule has 1 N–H and O–H groups in total. The molecule has 6 heteroatoms. The number of benzene rings is 1. The first-order valence-electron chi connectivity index (χ1n) is 7.04. The number of halogens is 1. The van der Waals surface area contributed by atoms with Crippen LogP contribution in [0.25, 0.3) is 0 Å². The lowest BCUT2D eigenvalue weighted by Crippen LogP contribution is -2.38. The summed E-state index contributed by atoms with van der Waals surface area (Å²) in [4.78, 5) is 12.8. The van der Waals surface area contributed by atoms with Crippen molar-refractivity contribution in [1.29, 1.82) is 0 Å². The van der Waals surface area contributed by atoms with E-state index >= 15 is 0 Å². The van der Waals surface area contributed by atoms with Crippen LogP contribution in [0.1, 0.15) is 26.2 Å². The smallest absolute Gasteiger partial charge is 0.270 e. The molecule has 0 saturated carbocycles. The van der Waals surface area contributed by atoms with Crippen LogP contribution >= 0.6 is 22.6 Å². The lowest BCUT2D eigenvalue weighted by atomic mass is 10.2. The molecule has 0 aromatic heterocycles. The molecule has 0 radical (unpaired) electrons. The maximum atomic E-state index is 10.8. The summed E-state index contributed by atoms with van der Waals surface area (Å²) in [5, 5.41) is 14.3. The van der Waals surface area contributed by atoms with Crippen LogP contribution in [-0.4, -0.2) is 30.6 Å². The van der Waals surface area contributed by atoms with E-state index in [9.17, 15) is 10.1 Å². The summed E-state index contributed by atoms with van der Waals surface area (Å²) in [7, 11) is 0. The van der Waals surface area contributed by atoms with Crippen molar-refractivity contribution in [2.45, 2.75) is 32.2 Å². The van der Waals surface area contributed by atoms with Gasteiger partial charge in [0, 0.05) is 34.8 Å². The molecule has 2 rings (SSSR count). The molecule has 0 bridgehead atoms. The Bertz CT molecular complexity index is 475. The number of nitrogens with zero attached hydrogens (tertiary/aromatic N) is 2. The van der Waals surface area contributed by atoms with E-state index in [4.69, 9.17) is 0 Å². The zero-order valence-electron chi connectivity index (χ0n) is 11.6. The summed E-state index contributed by atoms with van der Waals surface area (Å²) < 4.78 is 0.947. The van der Waals surface area contributed by atoms with Crippen LogP contribution in [0.15, 0.2) is 18.2 Å². The number of rotatable bonds is 6. The summed E-state index contributed by atoms with van der Waals surface area (Å²) in [5.74, 6) is 0. The first-order chi connectivity index (χ1) is 9.61. The molecule has 1 aromatic carbocycles. The summed E-state index contributed by atoms with van der Waals surface area (Å²) in [6.45, 7) is 5.21. The molecule has 1 atom stereocenters. The van der Waals surface area contributed by atoms with Crippen LogP contribution < -0.4 is 10.2 Å². The van der Waals surface area contributed by atoms with E-state index < -0.39 is 0 Å². The van der Waals surface area contributed by atoms with E-state index in [2.05, 4.69) is 39.7 Å². The largest absolute Gasteiger partial charge is 0.369 e. The van der Waals surface area contributed by atoms with Gasteiger partial charge in [-0.15, -0.1) is 0 Å². The monoisotopic (exact) mass is 389 g/mol. The predicted molar refractivity (Wildman–Crippen MR) is 89.3 cm³/mol. The minimum absolute atomic E-state index is 0.161. The van der Waals surface area contributed by atoms with Gasteiger partial charge < -0.3 is 10.2 Å². The minimum atomic E-state index is -0.339. The van der Waals surface area contributed by atoms with Gasteiger partial charge in [0.15, 0.2) is 0 Å². The normalized spacial score (nSPS) is 18.2. The van der Waals surface area contributed by atoms with Gasteiger partial charge in [0.25, 0.3) is 5.69 Å². The predicted octanol–water partition coefficient (Wildman–Crippen LogP) is 3.17. The van der Waals surface area contributed by atoms with E-state index in [1.54, 1.807) is 12.1 Å². The standard InChI is InChI=1S/C14H20IN3O2/c1-2-8-17(10-11-4-3-7-16-11)14-6-5-12(18(19)20)9-13(14)15/h5-6,9,11,16H,2-4,7-8,10H2,1H3. The lowest BCUT2D eigenvalue weighted by molar-refractivity contribution is -0.384. The molecule has 1 saturated heterocycles. The molecule has 110 valence electrons. The summed E-state index contributed by atoms with van der Waals surface area (Å²) in [6.07, 6.45) is 3.52. The van der Waals surface area contributed by atoms with Gasteiger partial charge in [-0.25, -0.2) is 0 Å². The highest BCUT2D eigenvalue weighted by atomic mass is 127. The summed E-state index contributed by atoms with van der Waals surface area (Å²) in [5.41, 5.74) is 1.26. The first-order valence-corrected chi connectivity index (χ1v) is 8.12. The molecule has 0 amide bonds. The van der Waals surface area contributed by atoms with Gasteiger partial charge in [0.2, 0.25) is 0 Å². The minimum Gasteiger partial charge on any atom is -0.369 e. The number of nitro benzene ring substituents is 1. The molecule has 1 unspecified atom stereocenters. The number of nitro groups is 1. The highest BCUT2D eigenvalue weighted by molar-refractivity contribution is 14.1. The third-order valence-electron chi connectivity index (χ3n) is 3.58. The van der Waals surface area contributed by atoms with Crippen LogP contribution in [0.3, 0.4) is 0 Å². The van der Waals surface area contributed by atoms with Crippen LogP contribution in [-0.2, 0) is 0 Å². The van der Waals surface area contributed by atoms with Crippen LogP contribution in [0.5, 0.6) is 0 Å². The third-order valence-corrected chi connectivity index (χ3v) is 4.44. The van der Waals surface area contributed by atoms with E-state index in [0.717, 1.165) is 35.3 Å². The molecule has 0 spiro atoms. The van der Waals surface area contributed by atoms with E-state index in [0.29, 0.717) is 6.04 Å². The van der Waals surface area contributed by atoms with Gasteiger partial charge in [-0.3, -0.25) is 10.1 Å². The fraction of sp³-hybridized carbons (Fsp3) is 0.571. The number of hydrogen-bond acceptors (Lipinski definition) is 4. The van der Waals surface area contributed by atoms with Gasteiger partial charge in [-0.05, 0) is 54.5 Å². The number of hydrogen-bond donors (Lipinski definition) is 1. The SMILES string of the molecule is CCCN(CC1CCCN1)c1ccc([N+](=O)[O-])cc1I. The molecule has 1 aliphatic rings. The molecule has 1 heterocycles. The van der Waals surface area contributed by atoms with Crippen LogP contribution in [0.4, 0.5) is 11.4 Å². The Balaban J connectivity index is 2.17. The topological polar surface area (TPSA) is 58.4 Å². The highest BCUT2D eigenvalue weighted by Crippen LogP contribution is 2.27. The van der Waals surface area contributed by atoms with Crippen molar-refractivity contribution in [1.82, 2.24) is 5.32 Å². The Morgan fingerprint density at radius 3 is 2.90 bits per heavy atom. The lowest BCUT2D eigenvalue weighted by Gasteiger charge is -2.28. The second kappa shape index (κ2) is 7.21. The molecule has 5 nitrogen and oxygen atoms in total. The van der Waals surface area contributed by atoms with E-state index in [-0.39, 0.29) is 10.6 Å². The van der Waals surface area contributed by atoms with Gasteiger partial charge in [0.05, 0.1) is 10.6 Å². The van der Waals surface area contributed by atoms with Crippen molar-refractivity contribution in [3.63, 3.8) is 0 Å². The van der Waals surface area contributed by atoms with Crippen LogP contribution in [0, 0.1) is 13.7 Å². The van der Waals surface area contributed by atoms with Crippen molar-refractivity contribution < 1.29 is 4.92 Å². The van der Waals surface area contributed by atoms with Gasteiger partial charge >= 0.3 is 0 Å². The molecular weight excluding hydrogens is 369 g/mol. The van der Waals surface area contributed by atoms with Crippen molar-refractivity contribution in [2.24, 2.45) is 0 Å². The summed E-state index contributed by atoms with van der Waals surface area (Å²) in [6, 6.07) is 5.67. The number of non-ortho nitro benzene ring substituents is 1. The zero-order valence-corrected chi connectivity index (χ0v) is 13.8. The van der Waals surface area contributed by atoms with E-state index in [1.807, 2.05) is 6.07 Å². The average molecular weight is 389 g/mol. The Kier molecular flexibility index (Phi) is 5.59. The molecule has 1 aliphatic heterocycles. The fourth-order valence-electron chi connectivity index (χ4n) is 2.62. The Morgan fingerprint density at radius 2 is 2.35 bits per heavy atom. The van der Waals surface area contributed by atoms with E-state index in [1.165, 1.54) is 12.8 Å². The number of anilines is 1. The second-order valence-electron chi connectivity index (χ2n) is 5.13. The second-order valence-corrected chi connectivity index (χ2v) is 6.29. The third kappa shape index (κ3) is 3.82. The maximum Gasteiger partial charge on any atom is 0.270 e. The first kappa shape index (κ1) is 15.5. The van der Waals surface area contributed by atoms with Crippen LogP contribution in [0.2, 0.25) is 0 Å². The molecule has 1 fully saturated rings. The molecule has 0 aliphatic carbocycles. The van der Waals surface area contributed by atoms with Gasteiger partial charge in [-0.1, -0.05) is 6.92 Å². The van der Waals surface area contributed by atoms with Crippen molar-refractivity contribution in [3.05, 3.63) is 31.9 Å². The Morgan fingerprint density at radius 1 is 1.55 bits per heavy atom. The molecule has 20 heavy (non-hydrogen) atoms. The molecular formula is C14H20IN3O2. The molecule has 1 aromatic rings.